The SMILES string of the molecule is Brc1ccncc1.CCOC(=O)C1C2Oc3ccc(O)cc3C21.CCOC(=O)C1C2Oc3ccc(Oc4ccncc4)cc3C21.FC(F)(F)c1ccc2nc(C3C4Oc5ccc(Oc6ccncc6)cc5C43)[nH]c2c1.FC(F)(F)c1ccc2nc(C3C4Oc5ccc(Oc6ccncc6)cc5C43)[nH]c2c1.Nc1ccc(C(F)(F)F)cc1N.O=C(O)C1C2Oc3ccc(Oc4ccncc4)cc3C21. The lowest BCUT2D eigenvalue weighted by Crippen LogP contribution is -2.13. The van der Waals surface area contributed by atoms with Gasteiger partial charge >= 0.3 is 36.4 Å². The predicted octanol–water partition coefficient (Wildman–Crippen LogP) is 21.3. The number of aliphatic carboxylic acids is 1. The highest BCUT2D eigenvalue weighted by molar-refractivity contribution is 9.10. The summed E-state index contributed by atoms with van der Waals surface area (Å²) in [5, 5.41) is 18.5. The van der Waals surface area contributed by atoms with E-state index in [2.05, 4.69) is 60.8 Å². The number of carbonyl (C=O) groups excluding carboxylic acids is 2. The van der Waals surface area contributed by atoms with E-state index in [0.717, 1.165) is 115 Å². The molecule has 15 unspecified atom stereocenters. The summed E-state index contributed by atoms with van der Waals surface area (Å²) in [6, 6.07) is 55.5. The molecule has 27 nitrogen and oxygen atoms in total. The lowest BCUT2D eigenvalue weighted by Gasteiger charge is -2.10. The number of nitrogens with zero attached hydrogens (tertiary/aromatic N) is 7. The number of rotatable bonds is 15. The highest BCUT2D eigenvalue weighted by Gasteiger charge is 2.67. The Morgan fingerprint density at radius 2 is 0.664 bits per heavy atom. The van der Waals surface area contributed by atoms with E-state index in [-0.39, 0.29) is 113 Å². The molecule has 5 fully saturated rings. The number of pyridine rings is 5. The fourth-order valence-corrected chi connectivity index (χ4v) is 17.7. The third-order valence-electron chi connectivity index (χ3n) is 24.1. The molecule has 0 saturated heterocycles. The van der Waals surface area contributed by atoms with E-state index in [1.54, 1.807) is 136 Å². The number of aromatic amines is 2. The van der Waals surface area contributed by atoms with Crippen LogP contribution in [-0.4, -0.2) is 117 Å². The van der Waals surface area contributed by atoms with Gasteiger partial charge in [-0.2, -0.15) is 39.5 Å². The minimum Gasteiger partial charge on any atom is -0.508 e. The van der Waals surface area contributed by atoms with Gasteiger partial charge in [0.15, 0.2) is 0 Å². The van der Waals surface area contributed by atoms with Crippen molar-refractivity contribution in [2.75, 3.05) is 24.7 Å². The number of imidazole rings is 2. The van der Waals surface area contributed by atoms with Crippen LogP contribution in [0, 0.1) is 17.8 Å². The van der Waals surface area contributed by atoms with Gasteiger partial charge in [-0.05, 0) is 220 Å². The summed E-state index contributed by atoms with van der Waals surface area (Å²) < 4.78 is 177. The summed E-state index contributed by atoms with van der Waals surface area (Å²) in [6.45, 7) is 4.39. The van der Waals surface area contributed by atoms with Gasteiger partial charge in [-0.15, -0.1) is 0 Å². The van der Waals surface area contributed by atoms with Crippen LogP contribution in [0.2, 0.25) is 0 Å². The van der Waals surface area contributed by atoms with Gasteiger partial charge < -0.3 is 83.8 Å². The summed E-state index contributed by atoms with van der Waals surface area (Å²) in [6.07, 6.45) is 3.13. The van der Waals surface area contributed by atoms with E-state index in [1.165, 1.54) is 12.1 Å². The first kappa shape index (κ1) is 90.5. The molecule has 15 atom stereocenters. The number of hydrogen-bond donors (Lipinski definition) is 6. The Morgan fingerprint density at radius 3 is 0.993 bits per heavy atom. The Balaban J connectivity index is 0.000000106. The zero-order chi connectivity index (χ0) is 95.5. The number of alkyl halides is 9. The molecule has 8 aromatic carbocycles. The average molecular weight is 1940 g/mol. The van der Waals surface area contributed by atoms with Gasteiger partial charge in [-0.3, -0.25) is 39.3 Å². The number of esters is 2. The Morgan fingerprint density at radius 1 is 0.358 bits per heavy atom. The number of anilines is 2. The van der Waals surface area contributed by atoms with Crippen molar-refractivity contribution in [3.05, 3.63) is 329 Å². The molecule has 0 radical (unpaired) electrons. The molecule has 5 aliphatic carbocycles. The minimum atomic E-state index is -4.39. The van der Waals surface area contributed by atoms with Crippen molar-refractivity contribution in [1.29, 1.82) is 0 Å². The van der Waals surface area contributed by atoms with Crippen LogP contribution in [0.5, 0.6) is 80.5 Å². The van der Waals surface area contributed by atoms with Crippen molar-refractivity contribution in [2.24, 2.45) is 17.8 Å². The smallest absolute Gasteiger partial charge is 0.416 e. The number of fused-ring (bicyclic) bond motifs is 17. The second kappa shape index (κ2) is 36.9. The number of nitrogens with one attached hydrogen (secondary N) is 2. The molecule has 0 amide bonds. The third kappa shape index (κ3) is 19.4. The Bertz CT molecular complexity index is 6830. The van der Waals surface area contributed by atoms with Crippen molar-refractivity contribution >= 4 is 67.3 Å². The first-order valence-electron chi connectivity index (χ1n) is 43.0. The molecule has 12 heterocycles. The van der Waals surface area contributed by atoms with Crippen LogP contribution in [0.15, 0.2) is 273 Å². The van der Waals surface area contributed by atoms with Crippen LogP contribution in [0.1, 0.15) is 111 Å². The number of hydrogen-bond acceptors (Lipinski definition) is 24. The second-order valence-corrected chi connectivity index (χ2v) is 33.8. The van der Waals surface area contributed by atoms with Gasteiger partial charge in [0.2, 0.25) is 0 Å². The summed E-state index contributed by atoms with van der Waals surface area (Å²) >= 11 is 3.27. The van der Waals surface area contributed by atoms with Crippen LogP contribution >= 0.6 is 15.9 Å². The van der Waals surface area contributed by atoms with Crippen molar-refractivity contribution in [1.82, 2.24) is 44.9 Å². The van der Waals surface area contributed by atoms with Gasteiger partial charge in [0.25, 0.3) is 0 Å². The fourth-order valence-electron chi connectivity index (χ4n) is 17.4. The second-order valence-electron chi connectivity index (χ2n) is 32.9. The number of nitrogens with two attached hydrogens (primary N) is 2. The number of H-pyrrole nitrogens is 2. The molecule has 15 aromatic rings. The zero-order valence-corrected chi connectivity index (χ0v) is 73.2. The number of aromatic hydroxyl groups is 1. The van der Waals surface area contributed by atoms with E-state index in [4.69, 9.17) is 68.7 Å². The maximum absolute atomic E-state index is 13.0. The van der Waals surface area contributed by atoms with E-state index >= 15 is 0 Å². The molecule has 37 heteroatoms. The van der Waals surface area contributed by atoms with Crippen LogP contribution < -0.4 is 54.1 Å². The largest absolute Gasteiger partial charge is 0.508 e. The third-order valence-corrected chi connectivity index (χ3v) is 24.6. The lowest BCUT2D eigenvalue weighted by atomic mass is 10.1. The van der Waals surface area contributed by atoms with Crippen LogP contribution in [0.4, 0.5) is 50.9 Å². The summed E-state index contributed by atoms with van der Waals surface area (Å²) in [7, 11) is 0. The number of phenolic OH excluding ortho intramolecular Hbond substituents is 1. The van der Waals surface area contributed by atoms with Gasteiger partial charge in [0, 0.05) is 124 Å². The maximum atomic E-state index is 13.0. The first-order chi connectivity index (χ1) is 66.0. The molecule has 137 heavy (non-hydrogen) atoms. The molecular weight excluding hydrogens is 1860 g/mol. The van der Waals surface area contributed by atoms with Crippen LogP contribution in [0.3, 0.4) is 0 Å². The number of halogens is 10. The highest BCUT2D eigenvalue weighted by Crippen LogP contribution is 2.66. The molecule has 25 rings (SSSR count). The number of aromatic nitrogens is 9. The molecule has 0 bridgehead atoms. The van der Waals surface area contributed by atoms with E-state index in [1.807, 2.05) is 91.9 Å². The topological polar surface area (TPSA) is 367 Å². The molecule has 10 aliphatic rings. The summed E-state index contributed by atoms with van der Waals surface area (Å²) in [5.41, 5.74) is 15.0. The van der Waals surface area contributed by atoms with E-state index < -0.39 is 47.1 Å². The Kier molecular flexibility index (Phi) is 24.4. The number of carboxylic acid groups (broad SMARTS) is 1. The normalized spacial score (nSPS) is 21.9. The van der Waals surface area contributed by atoms with Crippen LogP contribution in [-0.2, 0) is 42.4 Å². The minimum absolute atomic E-state index is 0.0181. The monoisotopic (exact) mass is 1940 g/mol. The van der Waals surface area contributed by atoms with Crippen molar-refractivity contribution in [3.8, 4) is 80.5 Å². The van der Waals surface area contributed by atoms with Gasteiger partial charge in [-0.1, -0.05) is 15.9 Å². The lowest BCUT2D eigenvalue weighted by molar-refractivity contribution is -0.146. The molecule has 5 aliphatic heterocycles. The molecular formula is C100H77BrF9N11O16. The van der Waals surface area contributed by atoms with E-state index in [0.29, 0.717) is 81.4 Å². The molecule has 698 valence electrons. The molecule has 5 saturated carbocycles. The Labute approximate surface area is 780 Å². The van der Waals surface area contributed by atoms with Gasteiger partial charge in [-0.25, -0.2) is 9.97 Å². The maximum Gasteiger partial charge on any atom is 0.416 e. The molecule has 0 spiro atoms. The van der Waals surface area contributed by atoms with Crippen molar-refractivity contribution in [2.45, 2.75) is 104 Å². The number of phenols is 1. The predicted molar refractivity (Wildman–Crippen MR) is 478 cm³/mol. The molecule has 7 aromatic heterocycles. The number of nitrogen functional groups attached to an aromatic ring is 2. The van der Waals surface area contributed by atoms with Gasteiger partial charge in [0.05, 0.1) is 75.2 Å². The Hall–Kier alpha value is -15.7. The number of carboxylic acids is 1. The first-order valence-corrected chi connectivity index (χ1v) is 43.8. The molecule has 8 N–H and O–H groups in total. The number of ether oxygens (including phenoxy) is 11. The highest BCUT2D eigenvalue weighted by atomic mass is 79.9. The van der Waals surface area contributed by atoms with E-state index in [9.17, 15) is 59.0 Å². The zero-order valence-electron chi connectivity index (χ0n) is 71.7. The fraction of sp³-hybridized carbons (Fsp3) is 0.220. The summed E-state index contributed by atoms with van der Waals surface area (Å²) in [5.74, 6) is 9.37. The van der Waals surface area contributed by atoms with Crippen molar-refractivity contribution in [3.63, 3.8) is 0 Å². The standard InChI is InChI=1S/2C22H14F3N3O2.C17H15NO4.C15H11NO4.C12H12O4.C7H7F3N2.C5H4BrN/c2*23-22(24,25)11-1-3-15-16(9-11)28-21(27-15)19-18-14-10-13(2-4-17(14)30-20(18)19)29-12-5-7-26-8-6-12;1-2-20-17(19)15-14-12-9-11(3-4-13(12)22-16(14)15)21-10-5-7-18-8-6-10;17-15(18)13-12-10-7-9(1-2-11(10)20-14(12)13)19-8-3-5-16-6-4-8;1-2-15-12(14)10-9-7-5-6(13)3-4-8(7)16-11(9)10;8-7(9,10)4-1-2-5(11)6(12)3-4;6-5-1-3-7-4-2-5/h2*1-10,18-20H,(H,27,28);3-9,14-16H,2H2,1H3;1-7,12-14H,(H,17,18);3-5,9-11,13H,2H2,1H3;1-3H,11-12H2;1-4H. The van der Waals surface area contributed by atoms with Gasteiger partial charge in [0.1, 0.15) is 140 Å². The van der Waals surface area contributed by atoms with Crippen molar-refractivity contribution < 1.29 is 116 Å². The quantitative estimate of drug-likeness (QED) is 0.0315. The number of benzene rings is 8. The van der Waals surface area contributed by atoms with Crippen LogP contribution in [0.25, 0.3) is 22.1 Å². The average Bonchev–Trinajstić information content (AvgIpc) is 1.51. The summed E-state index contributed by atoms with van der Waals surface area (Å²) in [4.78, 5) is 69.2. The number of carbonyl (C=O) groups is 3.